The summed E-state index contributed by atoms with van der Waals surface area (Å²) in [7, 11) is 1.53. The highest BCUT2D eigenvalue weighted by Crippen LogP contribution is 2.29. The van der Waals surface area contributed by atoms with Crippen LogP contribution in [-0.4, -0.2) is 61.0 Å². The Hall–Kier alpha value is -3.21. The van der Waals surface area contributed by atoms with Gasteiger partial charge >= 0.3 is 6.09 Å². The van der Waals surface area contributed by atoms with Gasteiger partial charge in [0, 0.05) is 32.2 Å². The molecule has 0 bridgehead atoms. The summed E-state index contributed by atoms with van der Waals surface area (Å²) in [4.78, 5) is 31.7. The number of piperidine rings is 1. The predicted molar refractivity (Wildman–Crippen MR) is 91.4 cm³/mol. The zero-order chi connectivity index (χ0) is 19.0. The molecule has 3 aromatic heterocycles. The van der Waals surface area contributed by atoms with Gasteiger partial charge in [-0.15, -0.1) is 0 Å². The molecule has 4 heterocycles. The van der Waals surface area contributed by atoms with Crippen LogP contribution in [0.1, 0.15) is 30.3 Å². The smallest absolute Gasteiger partial charge is 0.407 e. The Kier molecular flexibility index (Phi) is 4.36. The zero-order valence-corrected chi connectivity index (χ0v) is 14.6. The van der Waals surface area contributed by atoms with Crippen molar-refractivity contribution in [3.05, 3.63) is 34.2 Å². The summed E-state index contributed by atoms with van der Waals surface area (Å²) in [6.45, 7) is 1.04. The van der Waals surface area contributed by atoms with Gasteiger partial charge in [0.1, 0.15) is 12.3 Å². The molecule has 1 saturated heterocycles. The van der Waals surface area contributed by atoms with Crippen molar-refractivity contribution in [3.8, 4) is 11.4 Å². The third kappa shape index (κ3) is 3.16. The van der Waals surface area contributed by atoms with Gasteiger partial charge in [0.25, 0.3) is 11.4 Å². The third-order valence-corrected chi connectivity index (χ3v) is 4.69. The molecule has 1 aliphatic rings. The molecular weight excluding hydrogens is 356 g/mol. The Bertz CT molecular complexity index is 1030. The molecule has 0 spiro atoms. The number of aromatic amines is 1. The largest absolute Gasteiger partial charge is 0.465 e. The Labute approximate surface area is 152 Å². The maximum Gasteiger partial charge on any atom is 0.407 e. The number of likely N-dealkylation sites (tertiary alicyclic amines) is 1. The third-order valence-electron chi connectivity index (χ3n) is 4.69. The van der Waals surface area contributed by atoms with Crippen LogP contribution in [-0.2, 0) is 11.3 Å². The minimum Gasteiger partial charge on any atom is -0.465 e. The van der Waals surface area contributed by atoms with Crippen LogP contribution in [0.4, 0.5) is 4.79 Å². The van der Waals surface area contributed by atoms with Gasteiger partial charge in [0.15, 0.2) is 0 Å². The SMILES string of the molecule is COCc1nc(-c2cnn3c(C4CCN(C(=O)O)CC4)cc(=O)[nH]c23)no1. The number of methoxy groups -OCH3 is 1. The average molecular weight is 374 g/mol. The van der Waals surface area contributed by atoms with E-state index in [1.54, 1.807) is 10.7 Å². The molecule has 27 heavy (non-hydrogen) atoms. The number of nitrogens with zero attached hydrogens (tertiary/aromatic N) is 5. The standard InChI is InChI=1S/C16H18N6O5/c1-26-8-13-19-14(20-27-13)10-7-17-22-11(6-12(23)18-15(10)22)9-2-4-21(5-3-9)16(24)25/h6-7,9H,2-5,8H2,1H3,(H,18,23)(H,24,25). The monoisotopic (exact) mass is 374 g/mol. The summed E-state index contributed by atoms with van der Waals surface area (Å²) in [6, 6.07) is 1.51. The number of nitrogens with one attached hydrogen (secondary N) is 1. The van der Waals surface area contributed by atoms with Crippen LogP contribution < -0.4 is 5.56 Å². The number of fused-ring (bicyclic) bond motifs is 1. The van der Waals surface area contributed by atoms with Crippen molar-refractivity contribution in [1.82, 2.24) is 29.6 Å². The minimum atomic E-state index is -0.921. The number of aromatic nitrogens is 5. The molecule has 0 saturated carbocycles. The van der Waals surface area contributed by atoms with Gasteiger partial charge in [0.05, 0.1) is 17.5 Å². The van der Waals surface area contributed by atoms with Crippen LogP contribution in [0.3, 0.4) is 0 Å². The van der Waals surface area contributed by atoms with Crippen LogP contribution >= 0.6 is 0 Å². The highest BCUT2D eigenvalue weighted by atomic mass is 16.5. The summed E-state index contributed by atoms with van der Waals surface area (Å²) in [5.41, 5.74) is 1.50. The van der Waals surface area contributed by atoms with Crippen LogP contribution in [0, 0.1) is 0 Å². The quantitative estimate of drug-likeness (QED) is 0.691. The van der Waals surface area contributed by atoms with Gasteiger partial charge in [0.2, 0.25) is 5.82 Å². The fourth-order valence-electron chi connectivity index (χ4n) is 3.38. The number of carboxylic acid groups (broad SMARTS) is 1. The number of ether oxygens (including phenoxy) is 1. The topological polar surface area (TPSA) is 139 Å². The summed E-state index contributed by atoms with van der Waals surface area (Å²) in [5.74, 6) is 0.671. The van der Waals surface area contributed by atoms with Gasteiger partial charge < -0.3 is 24.3 Å². The van der Waals surface area contributed by atoms with Crippen molar-refractivity contribution in [3.63, 3.8) is 0 Å². The van der Waals surface area contributed by atoms with Crippen LogP contribution in [0.25, 0.3) is 17.0 Å². The van der Waals surface area contributed by atoms with Gasteiger partial charge in [-0.2, -0.15) is 10.1 Å². The molecule has 0 atom stereocenters. The predicted octanol–water partition coefficient (Wildman–Crippen LogP) is 1.08. The highest BCUT2D eigenvalue weighted by Gasteiger charge is 2.26. The lowest BCUT2D eigenvalue weighted by atomic mass is 9.93. The second-order valence-electron chi connectivity index (χ2n) is 6.37. The lowest BCUT2D eigenvalue weighted by Gasteiger charge is -2.30. The summed E-state index contributed by atoms with van der Waals surface area (Å²) in [6.07, 6.45) is 1.90. The molecule has 4 rings (SSSR count). The van der Waals surface area contributed by atoms with Gasteiger partial charge in [-0.25, -0.2) is 9.31 Å². The molecule has 0 aliphatic carbocycles. The molecule has 142 valence electrons. The van der Waals surface area contributed by atoms with E-state index in [9.17, 15) is 9.59 Å². The fraction of sp³-hybridized carbons (Fsp3) is 0.438. The number of amides is 1. The van der Waals surface area contributed by atoms with E-state index in [2.05, 4.69) is 20.2 Å². The second-order valence-corrected chi connectivity index (χ2v) is 6.37. The summed E-state index contributed by atoms with van der Waals surface area (Å²) >= 11 is 0. The number of H-pyrrole nitrogens is 1. The molecule has 0 radical (unpaired) electrons. The van der Waals surface area contributed by atoms with E-state index in [1.165, 1.54) is 18.1 Å². The number of rotatable bonds is 4. The average Bonchev–Trinajstić information content (AvgIpc) is 3.28. The Morgan fingerprint density at radius 3 is 2.93 bits per heavy atom. The first-order valence-corrected chi connectivity index (χ1v) is 8.47. The van der Waals surface area contributed by atoms with Gasteiger partial charge in [-0.3, -0.25) is 4.79 Å². The molecular formula is C16H18N6O5. The summed E-state index contributed by atoms with van der Waals surface area (Å²) in [5, 5.41) is 17.4. The number of hydrogen-bond acceptors (Lipinski definition) is 7. The van der Waals surface area contributed by atoms with Crippen molar-refractivity contribution >= 4 is 11.7 Å². The van der Waals surface area contributed by atoms with Crippen molar-refractivity contribution in [2.45, 2.75) is 25.4 Å². The van der Waals surface area contributed by atoms with Crippen LogP contribution in [0.2, 0.25) is 0 Å². The van der Waals surface area contributed by atoms with Crippen molar-refractivity contribution < 1.29 is 19.2 Å². The van der Waals surface area contributed by atoms with Crippen molar-refractivity contribution in [2.24, 2.45) is 0 Å². The maximum absolute atomic E-state index is 12.2. The molecule has 2 N–H and O–H groups in total. The Morgan fingerprint density at radius 1 is 1.44 bits per heavy atom. The highest BCUT2D eigenvalue weighted by molar-refractivity contribution is 5.71. The molecule has 0 aromatic carbocycles. The molecule has 1 amide bonds. The molecule has 0 unspecified atom stereocenters. The Morgan fingerprint density at radius 2 is 2.22 bits per heavy atom. The van der Waals surface area contributed by atoms with E-state index in [0.29, 0.717) is 48.9 Å². The molecule has 11 heteroatoms. The van der Waals surface area contributed by atoms with E-state index < -0.39 is 6.09 Å². The summed E-state index contributed by atoms with van der Waals surface area (Å²) < 4.78 is 11.7. The van der Waals surface area contributed by atoms with E-state index in [4.69, 9.17) is 14.4 Å². The first kappa shape index (κ1) is 17.2. The second kappa shape index (κ2) is 6.83. The normalized spacial score (nSPS) is 15.5. The van der Waals surface area contributed by atoms with Crippen molar-refractivity contribution in [2.75, 3.05) is 20.2 Å². The first-order valence-electron chi connectivity index (χ1n) is 8.47. The lowest BCUT2D eigenvalue weighted by molar-refractivity contribution is 0.131. The van der Waals surface area contributed by atoms with Crippen molar-refractivity contribution in [1.29, 1.82) is 0 Å². The van der Waals surface area contributed by atoms with E-state index in [-0.39, 0.29) is 18.1 Å². The first-order chi connectivity index (χ1) is 13.1. The molecule has 1 aliphatic heterocycles. The fourth-order valence-corrected chi connectivity index (χ4v) is 3.38. The number of hydrogen-bond donors (Lipinski definition) is 2. The van der Waals surface area contributed by atoms with E-state index >= 15 is 0 Å². The van der Waals surface area contributed by atoms with Gasteiger partial charge in [-0.05, 0) is 12.8 Å². The minimum absolute atomic E-state index is 0.0347. The molecule has 3 aromatic rings. The number of carbonyl (C=O) groups is 1. The molecule has 1 fully saturated rings. The van der Waals surface area contributed by atoms with E-state index in [1.807, 2.05) is 0 Å². The Balaban J connectivity index is 1.70. The lowest BCUT2D eigenvalue weighted by Crippen LogP contribution is -2.37. The van der Waals surface area contributed by atoms with Crippen LogP contribution in [0.15, 0.2) is 21.6 Å². The molecule has 11 nitrogen and oxygen atoms in total. The van der Waals surface area contributed by atoms with Gasteiger partial charge in [-0.1, -0.05) is 5.16 Å². The van der Waals surface area contributed by atoms with Crippen LogP contribution in [0.5, 0.6) is 0 Å². The van der Waals surface area contributed by atoms with E-state index in [0.717, 1.165) is 5.69 Å². The zero-order valence-electron chi connectivity index (χ0n) is 14.6. The maximum atomic E-state index is 12.2.